The Hall–Kier alpha value is -4.15. The largest absolute Gasteiger partial charge is 0.483 e. The molecule has 0 unspecified atom stereocenters. The second-order valence-electron chi connectivity index (χ2n) is 6.52. The van der Waals surface area contributed by atoms with Gasteiger partial charge in [-0.05, 0) is 60.7 Å². The number of carbonyl (C=O) groups is 2. The summed E-state index contributed by atoms with van der Waals surface area (Å²) < 4.78 is 18.5. The van der Waals surface area contributed by atoms with Gasteiger partial charge in [0.2, 0.25) is 0 Å². The van der Waals surface area contributed by atoms with Gasteiger partial charge < -0.3 is 15.4 Å². The summed E-state index contributed by atoms with van der Waals surface area (Å²) in [6.45, 7) is -0.349. The van der Waals surface area contributed by atoms with Crippen molar-refractivity contribution in [3.8, 4) is 11.8 Å². The van der Waals surface area contributed by atoms with E-state index in [0.717, 1.165) is 0 Å². The molecule has 0 spiro atoms. The fourth-order valence-corrected chi connectivity index (χ4v) is 2.84. The molecule has 0 aromatic heterocycles. The van der Waals surface area contributed by atoms with Crippen molar-refractivity contribution in [2.75, 3.05) is 17.2 Å². The van der Waals surface area contributed by atoms with Crippen molar-refractivity contribution < 1.29 is 18.7 Å². The maximum absolute atomic E-state index is 13.0. The number of nitrogens with one attached hydrogen (secondary N) is 2. The number of rotatable bonds is 7. The maximum Gasteiger partial charge on any atom is 0.266 e. The highest BCUT2D eigenvalue weighted by Crippen LogP contribution is 2.26. The summed E-state index contributed by atoms with van der Waals surface area (Å²) in [5.41, 5.74) is 1.14. The highest BCUT2D eigenvalue weighted by molar-refractivity contribution is 6.30. The van der Waals surface area contributed by atoms with Crippen LogP contribution in [0.25, 0.3) is 6.08 Å². The Balaban J connectivity index is 1.73. The first-order valence-corrected chi connectivity index (χ1v) is 9.78. The van der Waals surface area contributed by atoms with Crippen LogP contribution in [0.1, 0.15) is 5.56 Å². The molecule has 0 fully saturated rings. The van der Waals surface area contributed by atoms with Gasteiger partial charge in [-0.1, -0.05) is 29.8 Å². The molecule has 6 nitrogen and oxygen atoms in total. The van der Waals surface area contributed by atoms with Gasteiger partial charge >= 0.3 is 0 Å². The van der Waals surface area contributed by atoms with E-state index >= 15 is 0 Å². The molecule has 8 heteroatoms. The Morgan fingerprint density at radius 3 is 2.38 bits per heavy atom. The molecule has 2 amide bonds. The molecule has 3 aromatic rings. The Labute approximate surface area is 188 Å². The lowest BCUT2D eigenvalue weighted by molar-refractivity contribution is -0.118. The molecule has 0 aliphatic rings. The van der Waals surface area contributed by atoms with Crippen molar-refractivity contribution in [2.45, 2.75) is 0 Å². The highest BCUT2D eigenvalue weighted by atomic mass is 35.5. The number of para-hydroxylation sites is 1. The minimum absolute atomic E-state index is 0.170. The summed E-state index contributed by atoms with van der Waals surface area (Å²) in [5, 5.41) is 15.0. The number of amides is 2. The van der Waals surface area contributed by atoms with E-state index in [4.69, 9.17) is 16.3 Å². The van der Waals surface area contributed by atoms with Gasteiger partial charge in [-0.15, -0.1) is 0 Å². The number of anilines is 2. The van der Waals surface area contributed by atoms with Crippen molar-refractivity contribution in [1.29, 1.82) is 5.26 Å². The average Bonchev–Trinajstić information content (AvgIpc) is 2.79. The lowest BCUT2D eigenvalue weighted by Gasteiger charge is -2.11. The molecule has 32 heavy (non-hydrogen) atoms. The lowest BCUT2D eigenvalue weighted by Crippen LogP contribution is -2.20. The van der Waals surface area contributed by atoms with Crippen molar-refractivity contribution in [3.63, 3.8) is 0 Å². The van der Waals surface area contributed by atoms with Crippen LogP contribution in [0, 0.1) is 17.1 Å². The van der Waals surface area contributed by atoms with E-state index in [2.05, 4.69) is 10.6 Å². The van der Waals surface area contributed by atoms with Crippen molar-refractivity contribution in [3.05, 3.63) is 94.8 Å². The highest BCUT2D eigenvalue weighted by Gasteiger charge is 2.13. The molecular formula is C24H17ClFN3O3. The zero-order chi connectivity index (χ0) is 22.9. The van der Waals surface area contributed by atoms with Crippen LogP contribution in [0.2, 0.25) is 5.02 Å². The van der Waals surface area contributed by atoms with Crippen LogP contribution in [-0.2, 0) is 9.59 Å². The molecule has 2 N–H and O–H groups in total. The van der Waals surface area contributed by atoms with Crippen molar-refractivity contribution in [1.82, 2.24) is 0 Å². The molecule has 0 bridgehead atoms. The van der Waals surface area contributed by atoms with Crippen molar-refractivity contribution >= 4 is 40.9 Å². The van der Waals surface area contributed by atoms with Gasteiger partial charge in [-0.3, -0.25) is 9.59 Å². The van der Waals surface area contributed by atoms with Crippen LogP contribution in [-0.4, -0.2) is 18.4 Å². The van der Waals surface area contributed by atoms with E-state index < -0.39 is 17.6 Å². The zero-order valence-corrected chi connectivity index (χ0v) is 17.4. The maximum atomic E-state index is 13.0. The minimum Gasteiger partial charge on any atom is -0.483 e. The zero-order valence-electron chi connectivity index (χ0n) is 16.6. The van der Waals surface area contributed by atoms with E-state index in [1.165, 1.54) is 42.5 Å². The fraction of sp³-hybridized carbons (Fsp3) is 0.0417. The first kappa shape index (κ1) is 22.5. The number of benzene rings is 3. The number of carbonyl (C=O) groups excluding carboxylic acids is 2. The molecule has 160 valence electrons. The van der Waals surface area contributed by atoms with Gasteiger partial charge in [-0.25, -0.2) is 4.39 Å². The second kappa shape index (κ2) is 10.8. The second-order valence-corrected chi connectivity index (χ2v) is 6.95. The fourth-order valence-electron chi connectivity index (χ4n) is 2.66. The van der Waals surface area contributed by atoms with Gasteiger partial charge in [0.05, 0.1) is 0 Å². The molecule has 0 aliphatic heterocycles. The predicted octanol–water partition coefficient (Wildman–Crippen LogP) is 5.04. The molecule has 0 radical (unpaired) electrons. The molecular weight excluding hydrogens is 433 g/mol. The normalized spacial score (nSPS) is 10.7. The Kier molecular flexibility index (Phi) is 7.57. The smallest absolute Gasteiger partial charge is 0.266 e. The van der Waals surface area contributed by atoms with E-state index in [1.54, 1.807) is 36.4 Å². The predicted molar refractivity (Wildman–Crippen MR) is 121 cm³/mol. The Morgan fingerprint density at radius 2 is 1.69 bits per heavy atom. The number of nitriles is 1. The number of halogens is 2. The molecule has 0 saturated carbocycles. The van der Waals surface area contributed by atoms with Crippen LogP contribution in [0.3, 0.4) is 0 Å². The third kappa shape index (κ3) is 6.42. The summed E-state index contributed by atoms with van der Waals surface area (Å²) in [4.78, 5) is 24.6. The third-order valence-electron chi connectivity index (χ3n) is 4.16. The molecule has 0 saturated heterocycles. The molecule has 0 atom stereocenters. The minimum atomic E-state index is -0.598. The van der Waals surface area contributed by atoms with Crippen LogP contribution in [0.5, 0.6) is 5.75 Å². The summed E-state index contributed by atoms with van der Waals surface area (Å²) in [5.74, 6) is -1.23. The van der Waals surface area contributed by atoms with Crippen LogP contribution in [0.15, 0.2) is 78.4 Å². The third-order valence-corrected chi connectivity index (χ3v) is 4.39. The number of hydrogen-bond acceptors (Lipinski definition) is 4. The van der Waals surface area contributed by atoms with Gasteiger partial charge in [0.1, 0.15) is 23.2 Å². The van der Waals surface area contributed by atoms with Crippen LogP contribution in [0.4, 0.5) is 15.8 Å². The summed E-state index contributed by atoms with van der Waals surface area (Å²) in [6, 6.07) is 20.5. The number of nitrogens with zero attached hydrogens (tertiary/aromatic N) is 1. The van der Waals surface area contributed by atoms with Crippen molar-refractivity contribution in [2.24, 2.45) is 0 Å². The van der Waals surface area contributed by atoms with E-state index in [9.17, 15) is 19.2 Å². The van der Waals surface area contributed by atoms with Gasteiger partial charge in [0.15, 0.2) is 6.61 Å². The first-order valence-electron chi connectivity index (χ1n) is 9.40. The van der Waals surface area contributed by atoms with Crippen LogP contribution >= 0.6 is 11.6 Å². The molecule has 3 aromatic carbocycles. The van der Waals surface area contributed by atoms with E-state index in [0.29, 0.717) is 22.0 Å². The topological polar surface area (TPSA) is 91.2 Å². The standard InChI is InChI=1S/C24H17ClFN3O3/c25-18-6-11-22(32-15-23(30)28-21-9-7-19(26)8-10-21)16(13-18)12-17(14-27)24(31)29-20-4-2-1-3-5-20/h1-13H,15H2,(H,28,30)(H,29,31). The average molecular weight is 450 g/mol. The lowest BCUT2D eigenvalue weighted by atomic mass is 10.1. The SMILES string of the molecule is N#CC(=Cc1cc(Cl)ccc1OCC(=O)Nc1ccc(F)cc1)C(=O)Nc1ccccc1. The van der Waals surface area contributed by atoms with E-state index in [-0.39, 0.29) is 17.9 Å². The summed E-state index contributed by atoms with van der Waals surface area (Å²) >= 11 is 6.06. The molecule has 3 rings (SSSR count). The summed E-state index contributed by atoms with van der Waals surface area (Å²) in [7, 11) is 0. The Morgan fingerprint density at radius 1 is 1.00 bits per heavy atom. The molecule has 0 heterocycles. The number of hydrogen-bond donors (Lipinski definition) is 2. The van der Waals surface area contributed by atoms with Crippen LogP contribution < -0.4 is 15.4 Å². The quantitative estimate of drug-likeness (QED) is 0.390. The number of ether oxygens (including phenoxy) is 1. The molecule has 0 aliphatic carbocycles. The first-order chi connectivity index (χ1) is 15.4. The Bertz CT molecular complexity index is 1190. The monoisotopic (exact) mass is 449 g/mol. The summed E-state index contributed by atoms with van der Waals surface area (Å²) in [6.07, 6.45) is 1.33. The van der Waals surface area contributed by atoms with Gasteiger partial charge in [0.25, 0.3) is 11.8 Å². The van der Waals surface area contributed by atoms with Gasteiger partial charge in [-0.2, -0.15) is 5.26 Å². The van der Waals surface area contributed by atoms with Gasteiger partial charge in [0, 0.05) is 22.0 Å². The van der Waals surface area contributed by atoms with E-state index in [1.807, 2.05) is 6.07 Å².